The van der Waals surface area contributed by atoms with Gasteiger partial charge in [0.25, 0.3) is 0 Å². The van der Waals surface area contributed by atoms with Gasteiger partial charge in [0.1, 0.15) is 6.10 Å². The predicted molar refractivity (Wildman–Crippen MR) is 132 cm³/mol. The molecule has 0 saturated heterocycles. The van der Waals surface area contributed by atoms with Crippen molar-refractivity contribution < 1.29 is 9.47 Å². The Morgan fingerprint density at radius 3 is 2.74 bits per heavy atom. The van der Waals surface area contributed by atoms with Crippen molar-refractivity contribution in [2.75, 3.05) is 25.5 Å². The van der Waals surface area contributed by atoms with Crippen LogP contribution < -0.4 is 4.72 Å². The molecule has 0 aliphatic heterocycles. The van der Waals surface area contributed by atoms with Gasteiger partial charge in [-0.2, -0.15) is 5.10 Å². The smallest absolute Gasteiger partial charge is 0.235 e. The molecule has 178 valence electrons. The van der Waals surface area contributed by atoms with Gasteiger partial charge in [-0.25, -0.2) is 9.97 Å². The molecule has 0 spiro atoms. The van der Waals surface area contributed by atoms with Gasteiger partial charge in [0, 0.05) is 43.8 Å². The van der Waals surface area contributed by atoms with Gasteiger partial charge in [-0.3, -0.25) is 14.4 Å². The molecule has 2 unspecified atom stereocenters. The number of hydrogen-bond donors (Lipinski definition) is 2. The first-order valence-corrected chi connectivity index (χ1v) is 12.1. The van der Waals surface area contributed by atoms with E-state index < -0.39 is 0 Å². The predicted octanol–water partition coefficient (Wildman–Crippen LogP) is 4.24. The van der Waals surface area contributed by atoms with Crippen LogP contribution in [0.3, 0.4) is 0 Å². The number of ether oxygens (including phenoxy) is 2. The Morgan fingerprint density at radius 2 is 2.03 bits per heavy atom. The highest BCUT2D eigenvalue weighted by Crippen LogP contribution is 2.48. The van der Waals surface area contributed by atoms with Gasteiger partial charge >= 0.3 is 0 Å². The van der Waals surface area contributed by atoms with Crippen LogP contribution in [0.4, 0.5) is 5.95 Å². The maximum absolute atomic E-state index is 5.94. The number of halogens is 1. The molecule has 12 heteroatoms. The van der Waals surface area contributed by atoms with Crippen molar-refractivity contribution in [1.82, 2.24) is 34.9 Å². The molecule has 1 aromatic carbocycles. The van der Waals surface area contributed by atoms with E-state index in [2.05, 4.69) is 39.7 Å². The average Bonchev–Trinajstić information content (AvgIpc) is 3.26. The molecule has 5 rings (SSSR count). The van der Waals surface area contributed by atoms with Gasteiger partial charge < -0.3 is 9.47 Å². The number of hydrogen-bond acceptors (Lipinski definition) is 9. The summed E-state index contributed by atoms with van der Waals surface area (Å²) in [5.41, 5.74) is 1.66. The number of aromatic nitrogens is 7. The monoisotopic (exact) mass is 500 g/mol. The molecule has 0 bridgehead atoms. The molecule has 1 aliphatic rings. The van der Waals surface area contributed by atoms with Crippen molar-refractivity contribution in [3.05, 3.63) is 47.6 Å². The molecule has 10 nitrogen and oxygen atoms in total. The number of nitrogens with zero attached hydrogens (tertiary/aromatic N) is 6. The maximum atomic E-state index is 5.94. The van der Waals surface area contributed by atoms with E-state index in [1.54, 1.807) is 26.6 Å². The summed E-state index contributed by atoms with van der Waals surface area (Å²) in [7, 11) is 3.36. The fourth-order valence-corrected chi connectivity index (χ4v) is 5.04. The molecule has 3 heterocycles. The fraction of sp³-hybridized carbons (Fsp3) is 0.409. The second kappa shape index (κ2) is 9.49. The van der Waals surface area contributed by atoms with Crippen LogP contribution >= 0.6 is 23.5 Å². The van der Waals surface area contributed by atoms with E-state index in [0.29, 0.717) is 23.4 Å². The van der Waals surface area contributed by atoms with Crippen molar-refractivity contribution in [3.8, 4) is 11.4 Å². The van der Waals surface area contributed by atoms with Crippen LogP contribution in [0, 0.1) is 0 Å². The molecule has 1 saturated carbocycles. The van der Waals surface area contributed by atoms with Crippen LogP contribution in [0.1, 0.15) is 31.7 Å². The molecule has 2 atom stereocenters. The van der Waals surface area contributed by atoms with Gasteiger partial charge in [0.2, 0.25) is 5.95 Å². The van der Waals surface area contributed by atoms with Crippen LogP contribution in [-0.2, 0) is 15.0 Å². The molecule has 0 amide bonds. The summed E-state index contributed by atoms with van der Waals surface area (Å²) < 4.78 is 16.8. The van der Waals surface area contributed by atoms with E-state index in [9.17, 15) is 0 Å². The lowest BCUT2D eigenvalue weighted by Gasteiger charge is -2.23. The van der Waals surface area contributed by atoms with Crippen molar-refractivity contribution in [2.24, 2.45) is 0 Å². The highest BCUT2D eigenvalue weighted by atomic mass is 35.5. The fourth-order valence-electron chi connectivity index (χ4n) is 4.17. The Morgan fingerprint density at radius 1 is 1.24 bits per heavy atom. The lowest BCUT2D eigenvalue weighted by Crippen LogP contribution is -2.25. The zero-order valence-corrected chi connectivity index (χ0v) is 20.6. The number of anilines is 1. The van der Waals surface area contributed by atoms with E-state index in [4.69, 9.17) is 21.1 Å². The topological polar surface area (TPSA) is 116 Å². The number of fused-ring (bicyclic) bond motifs is 1. The van der Waals surface area contributed by atoms with E-state index in [0.717, 1.165) is 35.1 Å². The SMILES string of the molecule is COCC1(n2c(NSC(C)C(OC)c3ncc(Cl)cn3)nnc2-c2cccc3n[nH]cc23)CC1. The Kier molecular flexibility index (Phi) is 6.43. The number of methoxy groups -OCH3 is 2. The summed E-state index contributed by atoms with van der Waals surface area (Å²) in [5, 5.41) is 17.8. The number of rotatable bonds is 10. The molecule has 3 aromatic heterocycles. The average molecular weight is 501 g/mol. The second-order valence-corrected chi connectivity index (χ2v) is 9.92. The molecule has 1 fully saturated rings. The van der Waals surface area contributed by atoms with Crippen LogP contribution in [0.25, 0.3) is 22.3 Å². The Labute approximate surface area is 206 Å². The zero-order valence-electron chi connectivity index (χ0n) is 19.0. The number of benzene rings is 1. The second-order valence-electron chi connectivity index (χ2n) is 8.30. The van der Waals surface area contributed by atoms with Crippen molar-refractivity contribution in [1.29, 1.82) is 0 Å². The zero-order chi connectivity index (χ0) is 23.7. The molecule has 4 aromatic rings. The lowest BCUT2D eigenvalue weighted by molar-refractivity contribution is 0.0972. The summed E-state index contributed by atoms with van der Waals surface area (Å²) in [6.45, 7) is 2.62. The van der Waals surface area contributed by atoms with Crippen LogP contribution in [-0.4, -0.2) is 61.0 Å². The van der Waals surface area contributed by atoms with E-state index in [1.165, 1.54) is 11.9 Å². The Bertz CT molecular complexity index is 1270. The standard InChI is InChI=1S/C22H25ClN8O2S/c1-13(18(33-3)19-24-9-14(23)10-25-19)34-30-21-29-28-20(31(21)22(7-8-22)12-32-2)15-5-4-6-17-16(15)11-26-27-17/h4-6,9-11,13,18H,7-8,12H2,1-3H3,(H,26,27)(H,29,30). The van der Waals surface area contributed by atoms with Crippen molar-refractivity contribution in [3.63, 3.8) is 0 Å². The molecule has 2 N–H and O–H groups in total. The first kappa shape index (κ1) is 23.0. The summed E-state index contributed by atoms with van der Waals surface area (Å²) >= 11 is 7.42. The quantitative estimate of drug-likeness (QED) is 0.308. The summed E-state index contributed by atoms with van der Waals surface area (Å²) in [5.74, 6) is 2.01. The van der Waals surface area contributed by atoms with Gasteiger partial charge in [0.05, 0.1) is 27.9 Å². The highest BCUT2D eigenvalue weighted by Gasteiger charge is 2.48. The third-order valence-electron chi connectivity index (χ3n) is 6.01. The normalized spacial score (nSPS) is 16.5. The molecule has 1 aliphatic carbocycles. The van der Waals surface area contributed by atoms with E-state index in [1.807, 2.05) is 31.3 Å². The van der Waals surface area contributed by atoms with Crippen LogP contribution in [0.5, 0.6) is 0 Å². The lowest BCUT2D eigenvalue weighted by atomic mass is 10.1. The van der Waals surface area contributed by atoms with Gasteiger partial charge in [0.15, 0.2) is 11.6 Å². The first-order valence-electron chi connectivity index (χ1n) is 10.9. The van der Waals surface area contributed by atoms with Crippen LogP contribution in [0.15, 0.2) is 36.8 Å². The minimum atomic E-state index is -0.334. The van der Waals surface area contributed by atoms with Gasteiger partial charge in [-0.15, -0.1) is 10.2 Å². The summed E-state index contributed by atoms with van der Waals surface area (Å²) in [6, 6.07) is 5.99. The highest BCUT2D eigenvalue weighted by molar-refractivity contribution is 8.01. The third kappa shape index (κ3) is 4.24. The van der Waals surface area contributed by atoms with Crippen molar-refractivity contribution in [2.45, 2.75) is 36.7 Å². The van der Waals surface area contributed by atoms with E-state index in [-0.39, 0.29) is 16.9 Å². The van der Waals surface area contributed by atoms with Gasteiger partial charge in [-0.1, -0.05) is 23.7 Å². The molecule has 0 radical (unpaired) electrons. The molecule has 34 heavy (non-hydrogen) atoms. The largest absolute Gasteiger partial charge is 0.382 e. The summed E-state index contributed by atoms with van der Waals surface area (Å²) in [4.78, 5) is 8.63. The number of H-pyrrole nitrogens is 1. The van der Waals surface area contributed by atoms with Crippen LogP contribution in [0.2, 0.25) is 5.02 Å². The molecular formula is C22H25ClN8O2S. The van der Waals surface area contributed by atoms with E-state index >= 15 is 0 Å². The minimum absolute atomic E-state index is 0.0327. The minimum Gasteiger partial charge on any atom is -0.382 e. The van der Waals surface area contributed by atoms with Gasteiger partial charge in [-0.05, 0) is 37.8 Å². The maximum Gasteiger partial charge on any atom is 0.235 e. The Balaban J connectivity index is 1.45. The third-order valence-corrected chi connectivity index (χ3v) is 7.12. The Hall–Kier alpha value is -2.73. The van der Waals surface area contributed by atoms with Crippen molar-refractivity contribution >= 4 is 40.4 Å². The molecular weight excluding hydrogens is 476 g/mol. The number of aromatic amines is 1. The first-order chi connectivity index (χ1) is 16.6. The number of nitrogens with one attached hydrogen (secondary N) is 2. The summed E-state index contributed by atoms with van der Waals surface area (Å²) in [6.07, 6.45) is 6.67.